The summed E-state index contributed by atoms with van der Waals surface area (Å²) in [6.45, 7) is 6.61. The predicted octanol–water partition coefficient (Wildman–Crippen LogP) is 2.89. The maximum Gasteiger partial charge on any atom is 0.251 e. The quantitative estimate of drug-likeness (QED) is 0.822. The van der Waals surface area contributed by atoms with Crippen LogP contribution in [-0.2, 0) is 0 Å². The molecule has 0 heterocycles. The summed E-state index contributed by atoms with van der Waals surface area (Å²) in [4.78, 5) is 11.4. The lowest BCUT2D eigenvalue weighted by Crippen LogP contribution is -2.23. The number of benzene rings is 1. The summed E-state index contributed by atoms with van der Waals surface area (Å²) in [6.07, 6.45) is 1.16. The second-order valence-corrected chi connectivity index (χ2v) is 4.48. The van der Waals surface area contributed by atoms with Crippen LogP contribution in [0.1, 0.15) is 37.6 Å². The average Bonchev–Trinajstić information content (AvgIpc) is 2.37. The van der Waals surface area contributed by atoms with Gasteiger partial charge in [-0.25, -0.2) is 0 Å². The van der Waals surface area contributed by atoms with Gasteiger partial charge in [0.05, 0.1) is 0 Å². The maximum atomic E-state index is 11.4. The molecule has 0 aliphatic heterocycles. The zero-order valence-electron chi connectivity index (χ0n) is 11.1. The van der Waals surface area contributed by atoms with Gasteiger partial charge >= 0.3 is 0 Å². The first-order valence-electron chi connectivity index (χ1n) is 6.17. The Hall–Kier alpha value is -1.51. The summed E-state index contributed by atoms with van der Waals surface area (Å²) in [7, 11) is 1.64. The smallest absolute Gasteiger partial charge is 0.251 e. The lowest BCUT2D eigenvalue weighted by atomic mass is 10.0. The predicted molar refractivity (Wildman–Crippen MR) is 72.4 cm³/mol. The van der Waals surface area contributed by atoms with Crippen LogP contribution in [0.5, 0.6) is 0 Å². The summed E-state index contributed by atoms with van der Waals surface area (Å²) in [5, 5.41) is 6.05. The van der Waals surface area contributed by atoms with Gasteiger partial charge in [0.15, 0.2) is 0 Å². The van der Waals surface area contributed by atoms with Gasteiger partial charge in [0, 0.05) is 24.3 Å². The van der Waals surface area contributed by atoms with Gasteiger partial charge in [-0.3, -0.25) is 4.79 Å². The molecule has 0 fully saturated rings. The molecule has 0 radical (unpaired) electrons. The molecule has 0 saturated heterocycles. The SMILES string of the molecule is CCC(C)C(C)Nc1ccc(C(=O)NC)cc1. The van der Waals surface area contributed by atoms with Crippen molar-refractivity contribution in [3.05, 3.63) is 29.8 Å². The van der Waals surface area contributed by atoms with Crippen molar-refractivity contribution in [2.45, 2.75) is 33.2 Å². The number of carbonyl (C=O) groups is 1. The van der Waals surface area contributed by atoms with Crippen molar-refractivity contribution < 1.29 is 4.79 Å². The number of nitrogens with one attached hydrogen (secondary N) is 2. The van der Waals surface area contributed by atoms with Gasteiger partial charge in [0.2, 0.25) is 0 Å². The highest BCUT2D eigenvalue weighted by Crippen LogP contribution is 2.15. The zero-order valence-corrected chi connectivity index (χ0v) is 11.1. The highest BCUT2D eigenvalue weighted by Gasteiger charge is 2.09. The van der Waals surface area contributed by atoms with Crippen molar-refractivity contribution in [3.8, 4) is 0 Å². The molecule has 3 heteroatoms. The summed E-state index contributed by atoms with van der Waals surface area (Å²) >= 11 is 0. The van der Waals surface area contributed by atoms with Crippen LogP contribution in [0.3, 0.4) is 0 Å². The average molecular weight is 234 g/mol. The van der Waals surface area contributed by atoms with Gasteiger partial charge in [-0.1, -0.05) is 20.3 Å². The lowest BCUT2D eigenvalue weighted by molar-refractivity contribution is 0.0963. The van der Waals surface area contributed by atoms with E-state index < -0.39 is 0 Å². The molecule has 2 unspecified atom stereocenters. The van der Waals surface area contributed by atoms with Gasteiger partial charge in [-0.2, -0.15) is 0 Å². The van der Waals surface area contributed by atoms with E-state index in [1.165, 1.54) is 0 Å². The third kappa shape index (κ3) is 3.77. The topological polar surface area (TPSA) is 41.1 Å². The fourth-order valence-corrected chi connectivity index (χ4v) is 1.62. The summed E-state index contributed by atoms with van der Waals surface area (Å²) < 4.78 is 0. The van der Waals surface area contributed by atoms with E-state index in [9.17, 15) is 4.79 Å². The third-order valence-electron chi connectivity index (χ3n) is 3.27. The Kier molecular flexibility index (Phi) is 5.01. The monoisotopic (exact) mass is 234 g/mol. The number of anilines is 1. The van der Waals surface area contributed by atoms with Gasteiger partial charge in [-0.15, -0.1) is 0 Å². The van der Waals surface area contributed by atoms with Crippen LogP contribution in [0.25, 0.3) is 0 Å². The Morgan fingerprint density at radius 3 is 2.29 bits per heavy atom. The number of hydrogen-bond acceptors (Lipinski definition) is 2. The van der Waals surface area contributed by atoms with E-state index in [0.717, 1.165) is 12.1 Å². The molecule has 1 rings (SSSR count). The number of hydrogen-bond donors (Lipinski definition) is 2. The molecule has 2 atom stereocenters. The van der Waals surface area contributed by atoms with Gasteiger partial charge < -0.3 is 10.6 Å². The van der Waals surface area contributed by atoms with Crippen LogP contribution in [0, 0.1) is 5.92 Å². The fraction of sp³-hybridized carbons (Fsp3) is 0.500. The molecule has 17 heavy (non-hydrogen) atoms. The van der Waals surface area contributed by atoms with E-state index in [4.69, 9.17) is 0 Å². The van der Waals surface area contributed by atoms with Crippen LogP contribution in [0.4, 0.5) is 5.69 Å². The largest absolute Gasteiger partial charge is 0.382 e. The molecule has 0 aliphatic carbocycles. The summed E-state index contributed by atoms with van der Waals surface area (Å²) in [6, 6.07) is 8.01. The van der Waals surface area contributed by atoms with E-state index in [0.29, 0.717) is 17.5 Å². The molecule has 2 N–H and O–H groups in total. The Morgan fingerprint density at radius 2 is 1.82 bits per heavy atom. The molecule has 3 nitrogen and oxygen atoms in total. The number of rotatable bonds is 5. The first kappa shape index (κ1) is 13.6. The van der Waals surface area contributed by atoms with E-state index >= 15 is 0 Å². The molecular weight excluding hydrogens is 212 g/mol. The van der Waals surface area contributed by atoms with Crippen LogP contribution >= 0.6 is 0 Å². The van der Waals surface area contributed by atoms with Gasteiger partial charge in [0.25, 0.3) is 5.91 Å². The molecule has 0 aromatic heterocycles. The van der Waals surface area contributed by atoms with Crippen molar-refractivity contribution in [3.63, 3.8) is 0 Å². The summed E-state index contributed by atoms with van der Waals surface area (Å²) in [5.41, 5.74) is 1.75. The first-order chi connectivity index (χ1) is 8.08. The van der Waals surface area contributed by atoms with E-state index in [1.54, 1.807) is 7.05 Å². The Bertz CT molecular complexity index is 359. The minimum absolute atomic E-state index is 0.0495. The molecule has 0 bridgehead atoms. The Morgan fingerprint density at radius 1 is 1.24 bits per heavy atom. The van der Waals surface area contributed by atoms with E-state index in [2.05, 4.69) is 31.4 Å². The molecule has 1 amide bonds. The second kappa shape index (κ2) is 6.28. The molecule has 0 aliphatic rings. The normalized spacial score (nSPS) is 13.9. The minimum Gasteiger partial charge on any atom is -0.382 e. The molecule has 1 aromatic carbocycles. The van der Waals surface area contributed by atoms with Gasteiger partial charge in [-0.05, 0) is 37.1 Å². The van der Waals surface area contributed by atoms with E-state index in [-0.39, 0.29) is 5.91 Å². The van der Waals surface area contributed by atoms with Crippen molar-refractivity contribution in [1.29, 1.82) is 0 Å². The van der Waals surface area contributed by atoms with Crippen molar-refractivity contribution in [2.24, 2.45) is 5.92 Å². The molecule has 0 spiro atoms. The van der Waals surface area contributed by atoms with Crippen LogP contribution in [0.15, 0.2) is 24.3 Å². The maximum absolute atomic E-state index is 11.4. The fourth-order valence-electron chi connectivity index (χ4n) is 1.62. The molecular formula is C14H22N2O. The second-order valence-electron chi connectivity index (χ2n) is 4.48. The molecule has 1 aromatic rings. The van der Waals surface area contributed by atoms with Crippen LogP contribution in [-0.4, -0.2) is 19.0 Å². The Balaban J connectivity index is 2.65. The van der Waals surface area contributed by atoms with Crippen molar-refractivity contribution in [2.75, 3.05) is 12.4 Å². The van der Waals surface area contributed by atoms with Crippen LogP contribution in [0.2, 0.25) is 0 Å². The lowest BCUT2D eigenvalue weighted by Gasteiger charge is -2.21. The Labute approximate surface area is 104 Å². The molecule has 94 valence electrons. The van der Waals surface area contributed by atoms with Crippen molar-refractivity contribution in [1.82, 2.24) is 5.32 Å². The highest BCUT2D eigenvalue weighted by molar-refractivity contribution is 5.94. The minimum atomic E-state index is -0.0495. The number of carbonyl (C=O) groups excluding carboxylic acids is 1. The molecule has 0 saturated carbocycles. The standard InChI is InChI=1S/C14H22N2O/c1-5-10(2)11(3)16-13-8-6-12(7-9-13)14(17)15-4/h6-11,16H,5H2,1-4H3,(H,15,17). The first-order valence-corrected chi connectivity index (χ1v) is 6.17. The zero-order chi connectivity index (χ0) is 12.8. The van der Waals surface area contributed by atoms with Gasteiger partial charge in [0.1, 0.15) is 0 Å². The summed E-state index contributed by atoms with van der Waals surface area (Å²) in [5.74, 6) is 0.583. The van der Waals surface area contributed by atoms with Crippen molar-refractivity contribution >= 4 is 11.6 Å². The third-order valence-corrected chi connectivity index (χ3v) is 3.27. The van der Waals surface area contributed by atoms with Crippen LogP contribution < -0.4 is 10.6 Å². The number of amides is 1. The van der Waals surface area contributed by atoms with E-state index in [1.807, 2.05) is 24.3 Å². The highest BCUT2D eigenvalue weighted by atomic mass is 16.1.